The third-order valence-electron chi connectivity index (χ3n) is 5.37. The zero-order valence-corrected chi connectivity index (χ0v) is 17.7. The van der Waals surface area contributed by atoms with Gasteiger partial charge in [0.15, 0.2) is 5.78 Å². The number of thiophene rings is 1. The molecule has 1 aromatic carbocycles. The minimum Gasteiger partial charge on any atom is -0.357 e. The zero-order valence-electron chi connectivity index (χ0n) is 16.9. The summed E-state index contributed by atoms with van der Waals surface area (Å²) < 4.78 is 0. The van der Waals surface area contributed by atoms with Crippen molar-refractivity contribution in [2.24, 2.45) is 5.92 Å². The van der Waals surface area contributed by atoms with Gasteiger partial charge in [0.2, 0.25) is 5.91 Å². The highest BCUT2D eigenvalue weighted by molar-refractivity contribution is 7.10. The van der Waals surface area contributed by atoms with Crippen LogP contribution >= 0.6 is 11.3 Å². The molecule has 0 unspecified atom stereocenters. The molecule has 2 aromatic rings. The van der Waals surface area contributed by atoms with Gasteiger partial charge in [0.05, 0.1) is 24.0 Å². The largest absolute Gasteiger partial charge is 0.357 e. The molecule has 0 saturated carbocycles. The number of benzene rings is 1. The van der Waals surface area contributed by atoms with Gasteiger partial charge in [-0.25, -0.2) is 0 Å². The molecule has 0 bridgehead atoms. The number of anilines is 2. The Bertz CT molecular complexity index is 933. The average molecular weight is 410 g/mol. The number of amides is 1. The van der Waals surface area contributed by atoms with Crippen molar-refractivity contribution in [2.75, 3.05) is 23.3 Å². The zero-order chi connectivity index (χ0) is 20.4. The number of rotatable bonds is 5. The van der Waals surface area contributed by atoms with E-state index in [4.69, 9.17) is 0 Å². The third-order valence-corrected chi connectivity index (χ3v) is 6.30. The number of nitrogens with zero attached hydrogens (tertiary/aromatic N) is 1. The van der Waals surface area contributed by atoms with Crippen LogP contribution in [0, 0.1) is 5.92 Å². The summed E-state index contributed by atoms with van der Waals surface area (Å²) in [7, 11) is 0. The van der Waals surface area contributed by atoms with Crippen molar-refractivity contribution in [3.8, 4) is 0 Å². The number of hydrogen-bond acceptors (Lipinski definition) is 5. The SMILES string of the molecule is CC(C)CNC(=O)CN1c2ccccc2NC2=C(C(=O)CCC2)[C@H]1c1cccs1. The summed E-state index contributed by atoms with van der Waals surface area (Å²) in [6, 6.07) is 11.8. The van der Waals surface area contributed by atoms with Gasteiger partial charge in [-0.05, 0) is 42.3 Å². The van der Waals surface area contributed by atoms with Gasteiger partial charge in [-0.15, -0.1) is 11.3 Å². The van der Waals surface area contributed by atoms with Gasteiger partial charge in [0.25, 0.3) is 0 Å². The highest BCUT2D eigenvalue weighted by atomic mass is 32.1. The van der Waals surface area contributed by atoms with E-state index in [0.717, 1.165) is 40.4 Å². The lowest BCUT2D eigenvalue weighted by Gasteiger charge is -2.34. The van der Waals surface area contributed by atoms with Crippen molar-refractivity contribution in [1.29, 1.82) is 0 Å². The highest BCUT2D eigenvalue weighted by Gasteiger charge is 2.37. The Balaban J connectivity index is 1.81. The molecule has 0 saturated heterocycles. The Morgan fingerprint density at radius 1 is 1.24 bits per heavy atom. The van der Waals surface area contributed by atoms with Crippen molar-refractivity contribution < 1.29 is 9.59 Å². The van der Waals surface area contributed by atoms with Crippen molar-refractivity contribution in [3.63, 3.8) is 0 Å². The van der Waals surface area contributed by atoms with Gasteiger partial charge in [0, 0.05) is 29.1 Å². The first-order valence-corrected chi connectivity index (χ1v) is 11.1. The van der Waals surface area contributed by atoms with Gasteiger partial charge in [-0.2, -0.15) is 0 Å². The molecule has 152 valence electrons. The second-order valence-corrected chi connectivity index (χ2v) is 9.03. The lowest BCUT2D eigenvalue weighted by molar-refractivity contribution is -0.120. The normalized spacial score (nSPS) is 18.8. The first-order valence-electron chi connectivity index (χ1n) is 10.2. The Morgan fingerprint density at radius 3 is 2.83 bits per heavy atom. The summed E-state index contributed by atoms with van der Waals surface area (Å²) in [6.45, 7) is 5.01. The van der Waals surface area contributed by atoms with Crippen LogP contribution in [0.25, 0.3) is 0 Å². The Labute approximate surface area is 175 Å². The van der Waals surface area contributed by atoms with E-state index < -0.39 is 0 Å². The van der Waals surface area contributed by atoms with Crippen LogP contribution in [0.4, 0.5) is 11.4 Å². The molecular formula is C23H27N3O2S. The number of nitrogens with one attached hydrogen (secondary N) is 2. The summed E-state index contributed by atoms with van der Waals surface area (Å²) >= 11 is 1.63. The topological polar surface area (TPSA) is 61.4 Å². The maximum Gasteiger partial charge on any atom is 0.239 e. The average Bonchev–Trinajstić information content (AvgIpc) is 3.18. The number of fused-ring (bicyclic) bond motifs is 1. The lowest BCUT2D eigenvalue weighted by atomic mass is 9.88. The summed E-state index contributed by atoms with van der Waals surface area (Å²) in [5.74, 6) is 0.541. The van der Waals surface area contributed by atoms with E-state index in [1.807, 2.05) is 35.7 Å². The van der Waals surface area contributed by atoms with E-state index in [1.54, 1.807) is 11.3 Å². The molecule has 2 heterocycles. The number of para-hydroxylation sites is 2. The smallest absolute Gasteiger partial charge is 0.239 e. The molecule has 1 aliphatic heterocycles. The van der Waals surface area contributed by atoms with E-state index >= 15 is 0 Å². The van der Waals surface area contributed by atoms with Crippen LogP contribution in [-0.2, 0) is 9.59 Å². The molecule has 4 rings (SSSR count). The van der Waals surface area contributed by atoms with Crippen LogP contribution in [-0.4, -0.2) is 24.8 Å². The molecule has 1 amide bonds. The molecule has 1 aromatic heterocycles. The maximum absolute atomic E-state index is 13.1. The molecule has 2 N–H and O–H groups in total. The van der Waals surface area contributed by atoms with E-state index in [2.05, 4.69) is 35.4 Å². The maximum atomic E-state index is 13.1. The summed E-state index contributed by atoms with van der Waals surface area (Å²) in [4.78, 5) is 29.1. The number of ketones is 1. The predicted octanol–water partition coefficient (Wildman–Crippen LogP) is 4.50. The van der Waals surface area contributed by atoms with Crippen LogP contribution < -0.4 is 15.5 Å². The predicted molar refractivity (Wildman–Crippen MR) is 118 cm³/mol. The minimum atomic E-state index is -0.251. The fourth-order valence-electron chi connectivity index (χ4n) is 4.05. The van der Waals surface area contributed by atoms with Crippen LogP contribution in [0.2, 0.25) is 0 Å². The van der Waals surface area contributed by atoms with Crippen molar-refractivity contribution in [1.82, 2.24) is 5.32 Å². The quantitative estimate of drug-likeness (QED) is 0.763. The van der Waals surface area contributed by atoms with E-state index in [1.165, 1.54) is 0 Å². The molecule has 2 aliphatic rings. The fraction of sp³-hybridized carbons (Fsp3) is 0.391. The summed E-state index contributed by atoms with van der Waals surface area (Å²) in [6.07, 6.45) is 2.27. The van der Waals surface area contributed by atoms with Crippen LogP contribution in [0.1, 0.15) is 44.0 Å². The van der Waals surface area contributed by atoms with Crippen molar-refractivity contribution in [2.45, 2.75) is 39.2 Å². The second-order valence-electron chi connectivity index (χ2n) is 8.05. The number of allylic oxidation sites excluding steroid dienone is 1. The summed E-state index contributed by atoms with van der Waals surface area (Å²) in [5, 5.41) is 8.59. The highest BCUT2D eigenvalue weighted by Crippen LogP contribution is 2.45. The Morgan fingerprint density at radius 2 is 2.07 bits per heavy atom. The van der Waals surface area contributed by atoms with Crippen LogP contribution in [0.3, 0.4) is 0 Å². The lowest BCUT2D eigenvalue weighted by Crippen LogP contribution is -2.41. The fourth-order valence-corrected chi connectivity index (χ4v) is 4.89. The van der Waals surface area contributed by atoms with Crippen LogP contribution in [0.15, 0.2) is 53.0 Å². The standard InChI is InChI=1S/C23H27N3O2S/c1-15(2)13-24-21(28)14-26-18-9-4-3-7-16(18)25-17-8-5-10-19(27)22(17)23(26)20-11-6-12-29-20/h3-4,6-7,9,11-12,15,23,25H,5,8,10,13-14H2,1-2H3,(H,24,28)/t23-/m1/s1. The van der Waals surface area contributed by atoms with Gasteiger partial charge < -0.3 is 15.5 Å². The Kier molecular flexibility index (Phi) is 5.72. The minimum absolute atomic E-state index is 0.0256. The molecule has 29 heavy (non-hydrogen) atoms. The van der Waals surface area contributed by atoms with Gasteiger partial charge in [-0.3, -0.25) is 9.59 Å². The number of carbonyl (C=O) groups excluding carboxylic acids is 2. The molecule has 5 nitrogen and oxygen atoms in total. The molecular weight excluding hydrogens is 382 g/mol. The number of hydrogen-bond donors (Lipinski definition) is 2. The molecule has 0 radical (unpaired) electrons. The molecule has 0 spiro atoms. The first kappa shape index (κ1) is 19.7. The molecule has 6 heteroatoms. The van der Waals surface area contributed by atoms with Crippen molar-refractivity contribution in [3.05, 3.63) is 57.9 Å². The van der Waals surface area contributed by atoms with E-state index in [9.17, 15) is 9.59 Å². The monoisotopic (exact) mass is 409 g/mol. The number of Topliss-reactive ketones (excluding diaryl/α,β-unsaturated/α-hetero) is 1. The second kappa shape index (κ2) is 8.41. The van der Waals surface area contributed by atoms with Crippen molar-refractivity contribution >= 4 is 34.4 Å². The molecule has 0 fully saturated rings. The number of carbonyl (C=O) groups is 2. The van der Waals surface area contributed by atoms with E-state index in [-0.39, 0.29) is 24.3 Å². The Hall–Kier alpha value is -2.60. The van der Waals surface area contributed by atoms with Crippen LogP contribution in [0.5, 0.6) is 0 Å². The summed E-state index contributed by atoms with van der Waals surface area (Å²) in [5.41, 5.74) is 3.71. The van der Waals surface area contributed by atoms with E-state index in [0.29, 0.717) is 18.9 Å². The first-order chi connectivity index (χ1) is 14.0. The molecule has 1 atom stereocenters. The molecule has 1 aliphatic carbocycles. The van der Waals surface area contributed by atoms with Gasteiger partial charge in [-0.1, -0.05) is 32.0 Å². The van der Waals surface area contributed by atoms with Gasteiger partial charge >= 0.3 is 0 Å². The third kappa shape index (κ3) is 4.08. The van der Waals surface area contributed by atoms with Gasteiger partial charge in [0.1, 0.15) is 0 Å².